The van der Waals surface area contributed by atoms with E-state index < -0.39 is 5.91 Å². The molecule has 2 heterocycles. The van der Waals surface area contributed by atoms with Crippen LogP contribution in [0.25, 0.3) is 22.7 Å². The predicted molar refractivity (Wildman–Crippen MR) is 135 cm³/mol. The molecule has 0 saturated heterocycles. The Morgan fingerprint density at radius 2 is 2.03 bits per heavy atom. The standard InChI is InChI=1S/C27H25ClN4O2/c1-17-12-20(18(2)32(17)25-14-22(28)8-9-26(25)34-3)13-21(15-29)27(33)30-11-10-19-16-31-24-7-5-4-6-23(19)24/h4-9,12-14,16,31H,10-11H2,1-3H3,(H,30,33)/b21-13-. The highest BCUT2D eigenvalue weighted by Gasteiger charge is 2.16. The number of hydrogen-bond acceptors (Lipinski definition) is 3. The van der Waals surface area contributed by atoms with Gasteiger partial charge >= 0.3 is 0 Å². The molecule has 4 aromatic rings. The molecule has 0 fully saturated rings. The van der Waals surface area contributed by atoms with Gasteiger partial charge in [-0.15, -0.1) is 0 Å². The van der Waals surface area contributed by atoms with Crippen LogP contribution in [0.2, 0.25) is 5.02 Å². The average molecular weight is 473 g/mol. The highest BCUT2D eigenvalue weighted by molar-refractivity contribution is 6.30. The van der Waals surface area contributed by atoms with Crippen LogP contribution in [0.5, 0.6) is 5.75 Å². The third-order valence-electron chi connectivity index (χ3n) is 5.87. The minimum atomic E-state index is -0.396. The van der Waals surface area contributed by atoms with Gasteiger partial charge in [-0.2, -0.15) is 5.26 Å². The highest BCUT2D eigenvalue weighted by atomic mass is 35.5. The van der Waals surface area contributed by atoms with Crippen molar-refractivity contribution in [3.05, 3.63) is 87.8 Å². The molecular formula is C27H25ClN4O2. The molecule has 0 aliphatic heterocycles. The number of aromatic nitrogens is 2. The van der Waals surface area contributed by atoms with Crippen molar-refractivity contribution in [3.8, 4) is 17.5 Å². The first kappa shape index (κ1) is 23.2. The molecule has 1 amide bonds. The predicted octanol–water partition coefficient (Wildman–Crippen LogP) is 5.50. The Labute approximate surface area is 203 Å². The van der Waals surface area contributed by atoms with Gasteiger partial charge in [0.2, 0.25) is 0 Å². The van der Waals surface area contributed by atoms with Gasteiger partial charge in [-0.3, -0.25) is 4.79 Å². The average Bonchev–Trinajstić information content (AvgIpc) is 3.37. The molecule has 172 valence electrons. The van der Waals surface area contributed by atoms with E-state index in [4.69, 9.17) is 16.3 Å². The van der Waals surface area contributed by atoms with Gasteiger partial charge in [-0.1, -0.05) is 29.8 Å². The van der Waals surface area contributed by atoms with E-state index in [0.29, 0.717) is 23.7 Å². The van der Waals surface area contributed by atoms with Crippen molar-refractivity contribution in [2.45, 2.75) is 20.3 Å². The van der Waals surface area contributed by atoms with Crippen molar-refractivity contribution >= 4 is 34.5 Å². The number of aromatic amines is 1. The lowest BCUT2D eigenvalue weighted by Crippen LogP contribution is -2.26. The number of ether oxygens (including phenoxy) is 1. The molecule has 2 N–H and O–H groups in total. The number of benzene rings is 2. The van der Waals surface area contributed by atoms with E-state index >= 15 is 0 Å². The van der Waals surface area contributed by atoms with E-state index in [2.05, 4.69) is 10.3 Å². The fraction of sp³-hybridized carbons (Fsp3) is 0.185. The number of carbonyl (C=O) groups excluding carboxylic acids is 1. The third kappa shape index (κ3) is 4.57. The quantitative estimate of drug-likeness (QED) is 0.275. The van der Waals surface area contributed by atoms with Gasteiger partial charge in [0.1, 0.15) is 17.4 Å². The number of halogens is 1. The first-order valence-corrected chi connectivity index (χ1v) is 11.3. The van der Waals surface area contributed by atoms with Crippen LogP contribution < -0.4 is 10.1 Å². The Morgan fingerprint density at radius 1 is 1.24 bits per heavy atom. The summed E-state index contributed by atoms with van der Waals surface area (Å²) in [5.41, 5.74) is 5.62. The second-order valence-electron chi connectivity index (χ2n) is 8.01. The van der Waals surface area contributed by atoms with Gasteiger partial charge in [0, 0.05) is 40.1 Å². The summed E-state index contributed by atoms with van der Waals surface area (Å²) in [6, 6.07) is 17.4. The summed E-state index contributed by atoms with van der Waals surface area (Å²) in [5.74, 6) is 0.282. The van der Waals surface area contributed by atoms with Gasteiger partial charge in [0.25, 0.3) is 5.91 Å². The van der Waals surface area contributed by atoms with Crippen LogP contribution in [0.1, 0.15) is 22.5 Å². The molecule has 2 aromatic carbocycles. The van der Waals surface area contributed by atoms with Crippen LogP contribution >= 0.6 is 11.6 Å². The normalized spacial score (nSPS) is 11.4. The van der Waals surface area contributed by atoms with Crippen LogP contribution in [0.15, 0.2) is 60.3 Å². The molecule has 2 aromatic heterocycles. The maximum atomic E-state index is 12.7. The number of aryl methyl sites for hydroxylation is 1. The topological polar surface area (TPSA) is 82.8 Å². The Balaban J connectivity index is 1.53. The van der Waals surface area contributed by atoms with Gasteiger partial charge in [-0.25, -0.2) is 0 Å². The summed E-state index contributed by atoms with van der Waals surface area (Å²) in [6.45, 7) is 4.32. The molecule has 0 unspecified atom stereocenters. The number of para-hydroxylation sites is 1. The molecule has 0 radical (unpaired) electrons. The van der Waals surface area contributed by atoms with Crippen molar-refractivity contribution in [3.63, 3.8) is 0 Å². The van der Waals surface area contributed by atoms with E-state index in [-0.39, 0.29) is 5.57 Å². The number of nitriles is 1. The van der Waals surface area contributed by atoms with E-state index in [1.54, 1.807) is 19.3 Å². The number of rotatable bonds is 7. The zero-order chi connectivity index (χ0) is 24.2. The molecule has 0 bridgehead atoms. The molecule has 7 heteroatoms. The van der Waals surface area contributed by atoms with Crippen molar-refractivity contribution in [1.29, 1.82) is 5.26 Å². The lowest BCUT2D eigenvalue weighted by Gasteiger charge is -2.14. The van der Waals surface area contributed by atoms with Crippen LogP contribution in [0.4, 0.5) is 0 Å². The molecule has 4 rings (SSSR count). The molecule has 0 spiro atoms. The smallest absolute Gasteiger partial charge is 0.261 e. The van der Waals surface area contributed by atoms with Crippen molar-refractivity contribution in [2.24, 2.45) is 0 Å². The van der Waals surface area contributed by atoms with Crippen LogP contribution in [-0.2, 0) is 11.2 Å². The fourth-order valence-corrected chi connectivity index (χ4v) is 4.36. The van der Waals surface area contributed by atoms with E-state index in [9.17, 15) is 10.1 Å². The summed E-state index contributed by atoms with van der Waals surface area (Å²) < 4.78 is 7.50. The van der Waals surface area contributed by atoms with Crippen molar-refractivity contribution < 1.29 is 9.53 Å². The van der Waals surface area contributed by atoms with Crippen LogP contribution in [0.3, 0.4) is 0 Å². The van der Waals surface area contributed by atoms with E-state index in [0.717, 1.165) is 39.1 Å². The molecule has 6 nitrogen and oxygen atoms in total. The Kier molecular flexibility index (Phi) is 6.76. The number of amides is 1. The third-order valence-corrected chi connectivity index (χ3v) is 6.11. The zero-order valence-electron chi connectivity index (χ0n) is 19.3. The van der Waals surface area contributed by atoms with Gasteiger partial charge in [0.15, 0.2) is 0 Å². The van der Waals surface area contributed by atoms with Crippen LogP contribution in [-0.4, -0.2) is 29.1 Å². The monoisotopic (exact) mass is 472 g/mol. The lowest BCUT2D eigenvalue weighted by atomic mass is 10.1. The Hall–Kier alpha value is -3.95. The number of methoxy groups -OCH3 is 1. The number of nitrogens with one attached hydrogen (secondary N) is 2. The zero-order valence-corrected chi connectivity index (χ0v) is 20.0. The molecule has 0 saturated carbocycles. The second-order valence-corrected chi connectivity index (χ2v) is 8.45. The fourth-order valence-electron chi connectivity index (χ4n) is 4.19. The van der Waals surface area contributed by atoms with Crippen LogP contribution in [0, 0.1) is 25.2 Å². The number of carbonyl (C=O) groups is 1. The number of fused-ring (bicyclic) bond motifs is 1. The first-order valence-electron chi connectivity index (χ1n) is 10.9. The SMILES string of the molecule is COc1ccc(Cl)cc1-n1c(C)cc(/C=C(/C#N)C(=O)NCCc2c[nH]c3ccccc23)c1C. The first-order chi connectivity index (χ1) is 16.4. The summed E-state index contributed by atoms with van der Waals surface area (Å²) >= 11 is 6.22. The van der Waals surface area contributed by atoms with E-state index in [1.807, 2.05) is 73.1 Å². The summed E-state index contributed by atoms with van der Waals surface area (Å²) in [4.78, 5) is 16.0. The van der Waals surface area contributed by atoms with Crippen molar-refractivity contribution in [2.75, 3.05) is 13.7 Å². The Bertz CT molecular complexity index is 1440. The van der Waals surface area contributed by atoms with Gasteiger partial charge < -0.3 is 19.6 Å². The molecule has 0 aliphatic carbocycles. The minimum absolute atomic E-state index is 0.0530. The highest BCUT2D eigenvalue weighted by Crippen LogP contribution is 2.31. The maximum Gasteiger partial charge on any atom is 0.261 e. The van der Waals surface area contributed by atoms with Gasteiger partial charge in [-0.05, 0) is 67.8 Å². The van der Waals surface area contributed by atoms with E-state index in [1.165, 1.54) is 0 Å². The molecule has 0 aliphatic rings. The molecule has 0 atom stereocenters. The summed E-state index contributed by atoms with van der Waals surface area (Å²) in [7, 11) is 1.61. The maximum absolute atomic E-state index is 12.7. The lowest BCUT2D eigenvalue weighted by molar-refractivity contribution is -0.117. The second kappa shape index (κ2) is 9.90. The largest absolute Gasteiger partial charge is 0.495 e. The van der Waals surface area contributed by atoms with Gasteiger partial charge in [0.05, 0.1) is 12.8 Å². The number of hydrogen-bond donors (Lipinski definition) is 2. The van der Waals surface area contributed by atoms with Crippen molar-refractivity contribution in [1.82, 2.24) is 14.9 Å². The number of H-pyrrole nitrogens is 1. The molecular weight excluding hydrogens is 448 g/mol. The molecule has 34 heavy (non-hydrogen) atoms. The number of nitrogens with zero attached hydrogens (tertiary/aromatic N) is 2. The summed E-state index contributed by atoms with van der Waals surface area (Å²) in [5, 5.41) is 14.3. The minimum Gasteiger partial charge on any atom is -0.495 e. The summed E-state index contributed by atoms with van der Waals surface area (Å²) in [6.07, 6.45) is 4.24. The Morgan fingerprint density at radius 3 is 2.79 bits per heavy atom.